The number of likely N-dealkylation sites (N-methyl/N-ethyl adjacent to an activating group) is 1. The quantitative estimate of drug-likeness (QED) is 0.757. The molecule has 1 fully saturated rings. The van der Waals surface area contributed by atoms with Crippen molar-refractivity contribution in [2.24, 2.45) is 5.14 Å². The number of hydrogen-bond donors (Lipinski definition) is 2. The number of sulfonamides is 1. The smallest absolute Gasteiger partial charge is 0.400 e. The maximum absolute atomic E-state index is 11.5. The Morgan fingerprint density at radius 2 is 1.84 bits per heavy atom. The topological polar surface area (TPSA) is 90.7 Å². The number of hydrogen-bond acceptors (Lipinski definition) is 5. The van der Waals surface area contributed by atoms with Crippen LogP contribution in [0.25, 0.3) is 6.08 Å². The fraction of sp³-hybridized carbons (Fsp3) is 0.500. The van der Waals surface area contributed by atoms with Crippen LogP contribution < -0.4 is 10.5 Å². The summed E-state index contributed by atoms with van der Waals surface area (Å²) in [6.07, 6.45) is 1.87. The zero-order valence-electron chi connectivity index (χ0n) is 15.1. The highest BCUT2D eigenvalue weighted by Crippen LogP contribution is 2.38. The summed E-state index contributed by atoms with van der Waals surface area (Å²) >= 11 is 6.06. The van der Waals surface area contributed by atoms with Crippen LogP contribution in [0.1, 0.15) is 33.3 Å². The highest BCUT2D eigenvalue weighted by Gasteiger charge is 2.52. The van der Waals surface area contributed by atoms with E-state index in [1.54, 1.807) is 12.1 Å². The molecule has 1 aliphatic heterocycles. The molecule has 2 rings (SSSR count). The van der Waals surface area contributed by atoms with Crippen molar-refractivity contribution in [1.82, 2.24) is 5.32 Å². The molecule has 1 saturated heterocycles. The summed E-state index contributed by atoms with van der Waals surface area (Å²) in [5, 5.41) is 8.31. The van der Waals surface area contributed by atoms with Gasteiger partial charge in [0.2, 0.25) is 10.0 Å². The zero-order chi connectivity index (χ0) is 19.0. The third kappa shape index (κ3) is 4.45. The van der Waals surface area contributed by atoms with Gasteiger partial charge in [0.1, 0.15) is 4.90 Å². The second-order valence-electron chi connectivity index (χ2n) is 7.07. The van der Waals surface area contributed by atoms with Crippen molar-refractivity contribution in [2.45, 2.75) is 43.8 Å². The fourth-order valence-corrected chi connectivity index (χ4v) is 3.55. The van der Waals surface area contributed by atoms with Gasteiger partial charge in [-0.1, -0.05) is 23.7 Å². The molecule has 6 nitrogen and oxygen atoms in total. The van der Waals surface area contributed by atoms with Crippen LogP contribution in [-0.2, 0) is 19.3 Å². The Labute approximate surface area is 154 Å². The molecule has 0 aliphatic carbocycles. The number of rotatable bonds is 5. The van der Waals surface area contributed by atoms with Crippen molar-refractivity contribution in [3.8, 4) is 0 Å². The largest absolute Gasteiger partial charge is 0.491 e. The van der Waals surface area contributed by atoms with Crippen LogP contribution in [0.4, 0.5) is 0 Å². The van der Waals surface area contributed by atoms with Crippen LogP contribution in [0, 0.1) is 0 Å². The van der Waals surface area contributed by atoms with E-state index in [-0.39, 0.29) is 9.92 Å². The lowest BCUT2D eigenvalue weighted by molar-refractivity contribution is 0.00578. The van der Waals surface area contributed by atoms with E-state index in [9.17, 15) is 8.42 Å². The van der Waals surface area contributed by atoms with E-state index >= 15 is 0 Å². The summed E-state index contributed by atoms with van der Waals surface area (Å²) < 4.78 is 35.1. The minimum atomic E-state index is -3.85. The van der Waals surface area contributed by atoms with Crippen LogP contribution in [0.3, 0.4) is 0 Å². The van der Waals surface area contributed by atoms with Crippen LogP contribution in [0.2, 0.25) is 5.02 Å². The van der Waals surface area contributed by atoms with E-state index < -0.39 is 28.3 Å². The fourth-order valence-electron chi connectivity index (χ4n) is 2.45. The molecule has 0 spiro atoms. The summed E-state index contributed by atoms with van der Waals surface area (Å²) in [7, 11) is -2.53. The SMILES string of the molecule is CNCC(=Cc1ccc(S(N)(=O)=O)c(Cl)c1)B1OC(C)(C)C(C)(C)O1. The van der Waals surface area contributed by atoms with Crippen molar-refractivity contribution in [2.75, 3.05) is 13.6 Å². The maximum Gasteiger partial charge on any atom is 0.491 e. The highest BCUT2D eigenvalue weighted by atomic mass is 35.5. The molecule has 138 valence electrons. The number of benzene rings is 1. The van der Waals surface area contributed by atoms with Crippen molar-refractivity contribution in [3.63, 3.8) is 0 Å². The Balaban J connectivity index is 2.37. The van der Waals surface area contributed by atoms with E-state index in [0.717, 1.165) is 11.0 Å². The zero-order valence-corrected chi connectivity index (χ0v) is 16.7. The summed E-state index contributed by atoms with van der Waals surface area (Å²) in [4.78, 5) is -0.0999. The third-order valence-electron chi connectivity index (χ3n) is 4.55. The van der Waals surface area contributed by atoms with Crippen molar-refractivity contribution >= 4 is 34.8 Å². The van der Waals surface area contributed by atoms with Gasteiger partial charge < -0.3 is 14.6 Å². The number of nitrogens with two attached hydrogens (primary N) is 1. The molecule has 1 aliphatic rings. The van der Waals surface area contributed by atoms with Gasteiger partial charge in [-0.3, -0.25) is 0 Å². The number of halogens is 1. The summed E-state index contributed by atoms with van der Waals surface area (Å²) in [6.45, 7) is 8.50. The lowest BCUT2D eigenvalue weighted by Gasteiger charge is -2.32. The van der Waals surface area contributed by atoms with Crippen LogP contribution in [0.5, 0.6) is 0 Å². The molecule has 1 aromatic carbocycles. The first-order valence-corrected chi connectivity index (χ1v) is 9.83. The minimum absolute atomic E-state index is 0.0778. The standard InChI is InChI=1S/C16H24BClN2O4S/c1-15(2)16(3,4)24-17(23-15)12(10-20-5)8-11-6-7-14(13(18)9-11)25(19,21)22/h6-9,20H,10H2,1-5H3,(H2,19,21,22). The second kappa shape index (κ2) is 7.02. The summed E-state index contributed by atoms with van der Waals surface area (Å²) in [5.74, 6) is 0. The molecule has 1 aromatic rings. The molecule has 0 radical (unpaired) electrons. The van der Waals surface area contributed by atoms with Crippen molar-refractivity contribution in [1.29, 1.82) is 0 Å². The highest BCUT2D eigenvalue weighted by molar-refractivity contribution is 7.89. The molecule has 25 heavy (non-hydrogen) atoms. The summed E-state index contributed by atoms with van der Waals surface area (Å²) in [5.41, 5.74) is 0.720. The lowest BCUT2D eigenvalue weighted by atomic mass is 9.77. The van der Waals surface area contributed by atoms with E-state index in [0.29, 0.717) is 6.54 Å². The van der Waals surface area contributed by atoms with Crippen LogP contribution in [0.15, 0.2) is 28.6 Å². The van der Waals surface area contributed by atoms with Gasteiger partial charge >= 0.3 is 7.12 Å². The van der Waals surface area contributed by atoms with Gasteiger partial charge in [0.25, 0.3) is 0 Å². The van der Waals surface area contributed by atoms with Gasteiger partial charge in [0.05, 0.1) is 16.2 Å². The Bertz CT molecular complexity index is 777. The van der Waals surface area contributed by atoms with Crippen LogP contribution >= 0.6 is 11.6 Å². The molecule has 9 heteroatoms. The van der Waals surface area contributed by atoms with Gasteiger partial charge in [0, 0.05) is 6.54 Å². The van der Waals surface area contributed by atoms with Gasteiger partial charge in [-0.05, 0) is 57.9 Å². The van der Waals surface area contributed by atoms with E-state index in [1.807, 2.05) is 40.8 Å². The van der Waals surface area contributed by atoms with Gasteiger partial charge in [-0.15, -0.1) is 0 Å². The molecule has 0 atom stereocenters. The number of nitrogens with one attached hydrogen (secondary N) is 1. The average Bonchev–Trinajstić information content (AvgIpc) is 2.65. The lowest BCUT2D eigenvalue weighted by Crippen LogP contribution is -2.41. The molecular formula is C16H24BClN2O4S. The van der Waals surface area contributed by atoms with Gasteiger partial charge in [-0.25, -0.2) is 13.6 Å². The predicted molar refractivity (Wildman–Crippen MR) is 101 cm³/mol. The molecule has 0 bridgehead atoms. The maximum atomic E-state index is 11.5. The first-order valence-electron chi connectivity index (χ1n) is 7.90. The molecule has 0 unspecified atom stereocenters. The predicted octanol–water partition coefficient (Wildman–Crippen LogP) is 2.22. The Kier molecular flexibility index (Phi) is 5.73. The summed E-state index contributed by atoms with van der Waals surface area (Å²) in [6, 6.07) is 4.60. The first-order chi connectivity index (χ1) is 11.4. The molecule has 0 aromatic heterocycles. The Morgan fingerprint density at radius 1 is 1.28 bits per heavy atom. The average molecular weight is 387 g/mol. The van der Waals surface area contributed by atoms with E-state index in [1.165, 1.54) is 6.07 Å². The normalized spacial score (nSPS) is 20.1. The van der Waals surface area contributed by atoms with Gasteiger partial charge in [0.15, 0.2) is 0 Å². The molecule has 0 amide bonds. The van der Waals surface area contributed by atoms with Crippen LogP contribution in [-0.4, -0.2) is 40.3 Å². The Morgan fingerprint density at radius 3 is 2.28 bits per heavy atom. The first kappa shape index (κ1) is 20.4. The molecule has 3 N–H and O–H groups in total. The van der Waals surface area contributed by atoms with Crippen molar-refractivity contribution < 1.29 is 17.7 Å². The van der Waals surface area contributed by atoms with Crippen molar-refractivity contribution in [3.05, 3.63) is 34.3 Å². The second-order valence-corrected chi connectivity index (χ2v) is 9.01. The Hall–Kier alpha value is -0.895. The molecule has 1 heterocycles. The van der Waals surface area contributed by atoms with E-state index in [4.69, 9.17) is 26.0 Å². The monoisotopic (exact) mass is 386 g/mol. The minimum Gasteiger partial charge on any atom is -0.400 e. The van der Waals surface area contributed by atoms with E-state index in [2.05, 4.69) is 5.32 Å². The third-order valence-corrected chi connectivity index (χ3v) is 5.95. The number of primary sulfonamides is 1. The molecule has 0 saturated carbocycles. The van der Waals surface area contributed by atoms with Gasteiger partial charge in [-0.2, -0.15) is 0 Å². The molecular weight excluding hydrogens is 363 g/mol.